The predicted octanol–water partition coefficient (Wildman–Crippen LogP) is 3.07. The van der Waals surface area contributed by atoms with Gasteiger partial charge in [0.05, 0.1) is 23.7 Å². The zero-order valence-electron chi connectivity index (χ0n) is 11.7. The van der Waals surface area contributed by atoms with Gasteiger partial charge in [-0.25, -0.2) is 4.68 Å². The van der Waals surface area contributed by atoms with E-state index in [9.17, 15) is 9.90 Å². The Kier molecular flexibility index (Phi) is 3.93. The summed E-state index contributed by atoms with van der Waals surface area (Å²) < 4.78 is 1.34. The van der Waals surface area contributed by atoms with Crippen LogP contribution >= 0.6 is 0 Å². The Morgan fingerprint density at radius 2 is 1.59 bits per heavy atom. The van der Waals surface area contributed by atoms with Crippen molar-refractivity contribution in [1.29, 1.82) is 0 Å². The quantitative estimate of drug-likeness (QED) is 0.725. The molecule has 0 spiro atoms. The van der Waals surface area contributed by atoms with Crippen LogP contribution in [-0.4, -0.2) is 14.9 Å². The molecule has 1 heterocycles. The summed E-state index contributed by atoms with van der Waals surface area (Å²) in [5.74, 6) is 0. The number of aromatic nitrogens is 2. The molecule has 1 aromatic heterocycles. The van der Waals surface area contributed by atoms with Crippen LogP contribution in [0.2, 0.25) is 0 Å². The van der Waals surface area contributed by atoms with Gasteiger partial charge in [0.1, 0.15) is 0 Å². The summed E-state index contributed by atoms with van der Waals surface area (Å²) in [6, 6.07) is 18.2. The maximum atomic E-state index is 12.4. The van der Waals surface area contributed by atoms with Crippen LogP contribution in [0.1, 0.15) is 5.69 Å². The SMILES string of the molecule is O=c1c(N=Nc2ccccc2)c(CO)[nH]n1-c1ccccc1. The molecule has 0 radical (unpaired) electrons. The Labute approximate surface area is 126 Å². The zero-order valence-corrected chi connectivity index (χ0v) is 11.7. The van der Waals surface area contributed by atoms with Crippen molar-refractivity contribution >= 4 is 11.4 Å². The molecule has 0 aliphatic carbocycles. The van der Waals surface area contributed by atoms with E-state index in [4.69, 9.17) is 0 Å². The van der Waals surface area contributed by atoms with E-state index in [1.54, 1.807) is 24.3 Å². The van der Waals surface area contributed by atoms with Crippen LogP contribution in [0, 0.1) is 0 Å². The summed E-state index contributed by atoms with van der Waals surface area (Å²) in [5, 5.41) is 20.3. The summed E-state index contributed by atoms with van der Waals surface area (Å²) >= 11 is 0. The van der Waals surface area contributed by atoms with E-state index >= 15 is 0 Å². The summed E-state index contributed by atoms with van der Waals surface area (Å²) in [7, 11) is 0. The van der Waals surface area contributed by atoms with Gasteiger partial charge in [-0.1, -0.05) is 36.4 Å². The molecule has 22 heavy (non-hydrogen) atoms. The highest BCUT2D eigenvalue weighted by Gasteiger charge is 2.14. The number of nitrogens with zero attached hydrogens (tertiary/aromatic N) is 3. The largest absolute Gasteiger partial charge is 0.390 e. The lowest BCUT2D eigenvalue weighted by Gasteiger charge is -1.99. The number of hydrogen-bond acceptors (Lipinski definition) is 4. The van der Waals surface area contributed by atoms with Crippen molar-refractivity contribution in [1.82, 2.24) is 9.78 Å². The summed E-state index contributed by atoms with van der Waals surface area (Å²) in [6.07, 6.45) is 0. The molecular weight excluding hydrogens is 280 g/mol. The highest BCUT2D eigenvalue weighted by atomic mass is 16.3. The minimum atomic E-state index is -0.352. The summed E-state index contributed by atoms with van der Waals surface area (Å²) in [4.78, 5) is 12.4. The van der Waals surface area contributed by atoms with E-state index in [1.165, 1.54) is 4.68 Å². The molecule has 0 bridgehead atoms. The second-order valence-electron chi connectivity index (χ2n) is 4.61. The fourth-order valence-corrected chi connectivity index (χ4v) is 2.05. The monoisotopic (exact) mass is 294 g/mol. The van der Waals surface area contributed by atoms with Crippen LogP contribution in [-0.2, 0) is 6.61 Å². The van der Waals surface area contributed by atoms with Crippen LogP contribution in [0.15, 0.2) is 75.7 Å². The first kappa shape index (κ1) is 14.0. The minimum absolute atomic E-state index is 0.107. The lowest BCUT2D eigenvalue weighted by atomic mass is 10.3. The molecule has 0 aliphatic rings. The lowest BCUT2D eigenvalue weighted by Crippen LogP contribution is -2.13. The number of azo groups is 1. The van der Waals surface area contributed by atoms with Crippen LogP contribution < -0.4 is 5.56 Å². The Balaban J connectivity index is 2.03. The van der Waals surface area contributed by atoms with Gasteiger partial charge in [-0.15, -0.1) is 5.11 Å². The van der Waals surface area contributed by atoms with Crippen LogP contribution in [0.25, 0.3) is 5.69 Å². The molecular formula is C16H14N4O2. The van der Waals surface area contributed by atoms with Crippen LogP contribution in [0.4, 0.5) is 11.4 Å². The van der Waals surface area contributed by atoms with Crippen LogP contribution in [0.3, 0.4) is 0 Å². The molecule has 6 heteroatoms. The standard InChI is InChI=1S/C16H14N4O2/c21-11-14-15(18-17-12-7-3-1-4-8-12)16(22)20(19-14)13-9-5-2-6-10-13/h1-10,19,21H,11H2. The minimum Gasteiger partial charge on any atom is -0.390 e. The van der Waals surface area contributed by atoms with Gasteiger partial charge in [0.25, 0.3) is 5.56 Å². The Morgan fingerprint density at radius 1 is 0.955 bits per heavy atom. The second kappa shape index (κ2) is 6.19. The lowest BCUT2D eigenvalue weighted by molar-refractivity contribution is 0.276. The molecule has 0 amide bonds. The van der Waals surface area contributed by atoms with Gasteiger partial charge >= 0.3 is 0 Å². The number of aromatic amines is 1. The van der Waals surface area contributed by atoms with E-state index in [-0.39, 0.29) is 17.9 Å². The number of benzene rings is 2. The van der Waals surface area contributed by atoms with Gasteiger partial charge in [0.15, 0.2) is 5.69 Å². The predicted molar refractivity (Wildman–Crippen MR) is 82.9 cm³/mol. The van der Waals surface area contributed by atoms with Crippen molar-refractivity contribution in [3.8, 4) is 5.69 Å². The molecule has 3 aromatic rings. The highest BCUT2D eigenvalue weighted by molar-refractivity contribution is 5.44. The van der Waals surface area contributed by atoms with Crippen molar-refractivity contribution in [3.05, 3.63) is 76.7 Å². The van der Waals surface area contributed by atoms with E-state index < -0.39 is 0 Å². The smallest absolute Gasteiger partial charge is 0.299 e. The number of para-hydroxylation sites is 1. The Hall–Kier alpha value is -2.99. The van der Waals surface area contributed by atoms with Crippen molar-refractivity contribution < 1.29 is 5.11 Å². The molecule has 110 valence electrons. The maximum Gasteiger partial charge on any atom is 0.299 e. The number of nitrogens with one attached hydrogen (secondary N) is 1. The molecule has 0 atom stereocenters. The molecule has 2 N–H and O–H groups in total. The Bertz CT molecular complexity index is 836. The molecule has 6 nitrogen and oxygen atoms in total. The van der Waals surface area contributed by atoms with Crippen molar-refractivity contribution in [2.45, 2.75) is 6.61 Å². The third-order valence-corrected chi connectivity index (χ3v) is 3.13. The average Bonchev–Trinajstić information content (AvgIpc) is 2.90. The molecule has 3 rings (SSSR count). The topological polar surface area (TPSA) is 82.7 Å². The van der Waals surface area contributed by atoms with Gasteiger partial charge < -0.3 is 5.11 Å². The summed E-state index contributed by atoms with van der Waals surface area (Å²) in [6.45, 7) is -0.321. The van der Waals surface area contributed by atoms with E-state index in [0.717, 1.165) is 0 Å². The summed E-state index contributed by atoms with van der Waals surface area (Å²) in [5.41, 5.74) is 1.39. The first-order chi connectivity index (χ1) is 10.8. The maximum absolute atomic E-state index is 12.4. The van der Waals surface area contributed by atoms with E-state index in [0.29, 0.717) is 17.1 Å². The molecule has 0 fully saturated rings. The van der Waals surface area contributed by atoms with Gasteiger partial charge in [-0.3, -0.25) is 9.89 Å². The highest BCUT2D eigenvalue weighted by Crippen LogP contribution is 2.19. The first-order valence-electron chi connectivity index (χ1n) is 6.76. The van der Waals surface area contributed by atoms with Gasteiger partial charge in [-0.05, 0) is 24.3 Å². The van der Waals surface area contributed by atoms with Crippen LogP contribution in [0.5, 0.6) is 0 Å². The van der Waals surface area contributed by atoms with Gasteiger partial charge in [0.2, 0.25) is 0 Å². The van der Waals surface area contributed by atoms with Gasteiger partial charge in [0, 0.05) is 0 Å². The third-order valence-electron chi connectivity index (χ3n) is 3.13. The Morgan fingerprint density at radius 3 is 2.23 bits per heavy atom. The molecule has 2 aromatic carbocycles. The van der Waals surface area contributed by atoms with Crippen molar-refractivity contribution in [3.63, 3.8) is 0 Å². The number of aliphatic hydroxyl groups is 1. The number of hydrogen-bond donors (Lipinski definition) is 2. The van der Waals surface area contributed by atoms with Crippen molar-refractivity contribution in [2.24, 2.45) is 10.2 Å². The van der Waals surface area contributed by atoms with Crippen molar-refractivity contribution in [2.75, 3.05) is 0 Å². The number of rotatable bonds is 4. The fraction of sp³-hybridized carbons (Fsp3) is 0.0625. The average molecular weight is 294 g/mol. The molecule has 0 saturated heterocycles. The first-order valence-corrected chi connectivity index (χ1v) is 6.76. The van der Waals surface area contributed by atoms with E-state index in [2.05, 4.69) is 15.3 Å². The van der Waals surface area contributed by atoms with E-state index in [1.807, 2.05) is 36.4 Å². The number of H-pyrrole nitrogens is 1. The number of aliphatic hydroxyl groups excluding tert-OH is 1. The molecule has 0 saturated carbocycles. The zero-order chi connectivity index (χ0) is 15.4. The fourth-order valence-electron chi connectivity index (χ4n) is 2.05. The van der Waals surface area contributed by atoms with Gasteiger partial charge in [-0.2, -0.15) is 5.11 Å². The molecule has 0 aliphatic heterocycles. The molecule has 0 unspecified atom stereocenters. The third kappa shape index (κ3) is 2.72. The normalized spacial score (nSPS) is 11.1. The second-order valence-corrected chi connectivity index (χ2v) is 4.61.